The first-order valence-electron chi connectivity index (χ1n) is 8.39. The Morgan fingerprint density at radius 2 is 2.12 bits per heavy atom. The van der Waals surface area contributed by atoms with E-state index in [0.717, 1.165) is 30.9 Å². The van der Waals surface area contributed by atoms with Crippen LogP contribution in [-0.4, -0.2) is 30.2 Å². The molecule has 5 nitrogen and oxygen atoms in total. The Morgan fingerprint density at radius 1 is 1.29 bits per heavy atom. The molecule has 2 aliphatic rings. The molecule has 1 aliphatic heterocycles. The van der Waals surface area contributed by atoms with Gasteiger partial charge in [0.2, 0.25) is 0 Å². The SMILES string of the molecule is O=C(Nc1nc(C2CC2)cs1)c1ccc(OCC2CCCO2)cc1. The summed E-state index contributed by atoms with van der Waals surface area (Å²) in [7, 11) is 0. The number of aromatic nitrogens is 1. The number of thiazole rings is 1. The molecule has 1 N–H and O–H groups in total. The molecule has 1 atom stereocenters. The Morgan fingerprint density at radius 3 is 2.83 bits per heavy atom. The molecule has 2 aromatic rings. The Hall–Kier alpha value is -1.92. The summed E-state index contributed by atoms with van der Waals surface area (Å²) in [5, 5.41) is 5.57. The Kier molecular flexibility index (Phi) is 4.49. The van der Waals surface area contributed by atoms with Crippen molar-refractivity contribution in [3.63, 3.8) is 0 Å². The minimum Gasteiger partial charge on any atom is -0.491 e. The first-order valence-corrected chi connectivity index (χ1v) is 9.27. The number of nitrogens with one attached hydrogen (secondary N) is 1. The van der Waals surface area contributed by atoms with E-state index in [1.54, 1.807) is 12.1 Å². The van der Waals surface area contributed by atoms with Gasteiger partial charge in [0.1, 0.15) is 12.4 Å². The fraction of sp³-hybridized carbons (Fsp3) is 0.444. The Balaban J connectivity index is 1.32. The number of nitrogens with zero attached hydrogens (tertiary/aromatic N) is 1. The van der Waals surface area contributed by atoms with Crippen LogP contribution in [0.5, 0.6) is 5.75 Å². The third-order valence-electron chi connectivity index (χ3n) is 4.31. The lowest BCUT2D eigenvalue weighted by Gasteiger charge is -2.11. The second kappa shape index (κ2) is 6.91. The first kappa shape index (κ1) is 15.6. The quantitative estimate of drug-likeness (QED) is 0.865. The van der Waals surface area contributed by atoms with Crippen molar-refractivity contribution >= 4 is 22.4 Å². The molecule has 1 unspecified atom stereocenters. The summed E-state index contributed by atoms with van der Waals surface area (Å²) in [4.78, 5) is 16.8. The predicted octanol–water partition coefficient (Wildman–Crippen LogP) is 3.83. The molecule has 1 aliphatic carbocycles. The van der Waals surface area contributed by atoms with Gasteiger partial charge in [-0.25, -0.2) is 4.98 Å². The van der Waals surface area contributed by atoms with Crippen LogP contribution in [0, 0.1) is 0 Å². The fourth-order valence-corrected chi connectivity index (χ4v) is 3.53. The van der Waals surface area contributed by atoms with Crippen molar-refractivity contribution in [3.8, 4) is 5.75 Å². The van der Waals surface area contributed by atoms with Gasteiger partial charge in [-0.15, -0.1) is 11.3 Å². The van der Waals surface area contributed by atoms with Gasteiger partial charge in [0.05, 0.1) is 11.8 Å². The highest BCUT2D eigenvalue weighted by atomic mass is 32.1. The van der Waals surface area contributed by atoms with Crippen molar-refractivity contribution in [3.05, 3.63) is 40.9 Å². The van der Waals surface area contributed by atoms with Gasteiger partial charge < -0.3 is 9.47 Å². The average Bonchev–Trinajstić information content (AvgIpc) is 3.13. The Bertz CT molecular complexity index is 703. The average molecular weight is 344 g/mol. The third kappa shape index (κ3) is 3.76. The number of carbonyl (C=O) groups excluding carboxylic acids is 1. The normalized spacial score (nSPS) is 20.1. The lowest BCUT2D eigenvalue weighted by molar-refractivity contribution is 0.0679. The van der Waals surface area contributed by atoms with Crippen molar-refractivity contribution in [1.82, 2.24) is 4.98 Å². The fourth-order valence-electron chi connectivity index (χ4n) is 2.75. The third-order valence-corrected chi connectivity index (χ3v) is 5.09. The summed E-state index contributed by atoms with van der Waals surface area (Å²) < 4.78 is 11.2. The number of hydrogen-bond donors (Lipinski definition) is 1. The van der Waals surface area contributed by atoms with Crippen molar-refractivity contribution < 1.29 is 14.3 Å². The van der Waals surface area contributed by atoms with E-state index in [2.05, 4.69) is 10.3 Å². The highest BCUT2D eigenvalue weighted by Crippen LogP contribution is 2.40. The van der Waals surface area contributed by atoms with Crippen molar-refractivity contribution in [2.45, 2.75) is 37.7 Å². The van der Waals surface area contributed by atoms with Gasteiger partial charge in [-0.2, -0.15) is 0 Å². The summed E-state index contributed by atoms with van der Waals surface area (Å²) >= 11 is 1.48. The summed E-state index contributed by atoms with van der Waals surface area (Å²) in [5.41, 5.74) is 1.70. The summed E-state index contributed by atoms with van der Waals surface area (Å²) in [6.45, 7) is 1.39. The van der Waals surface area contributed by atoms with E-state index >= 15 is 0 Å². The lowest BCUT2D eigenvalue weighted by atomic mass is 10.2. The smallest absolute Gasteiger partial charge is 0.257 e. The molecule has 2 heterocycles. The zero-order valence-corrected chi connectivity index (χ0v) is 14.2. The van der Waals surface area contributed by atoms with Gasteiger partial charge in [0.25, 0.3) is 5.91 Å². The zero-order valence-electron chi connectivity index (χ0n) is 13.4. The van der Waals surface area contributed by atoms with Crippen LogP contribution >= 0.6 is 11.3 Å². The molecule has 2 fully saturated rings. The van der Waals surface area contributed by atoms with E-state index in [9.17, 15) is 4.79 Å². The molecule has 24 heavy (non-hydrogen) atoms. The molecule has 0 bridgehead atoms. The highest BCUT2D eigenvalue weighted by Gasteiger charge is 2.26. The summed E-state index contributed by atoms with van der Waals surface area (Å²) in [6.07, 6.45) is 4.77. The predicted molar refractivity (Wildman–Crippen MR) is 93.0 cm³/mol. The largest absolute Gasteiger partial charge is 0.491 e. The molecule has 1 saturated carbocycles. The van der Waals surface area contributed by atoms with E-state index in [1.807, 2.05) is 17.5 Å². The topological polar surface area (TPSA) is 60.5 Å². The van der Waals surface area contributed by atoms with Crippen LogP contribution in [0.15, 0.2) is 29.6 Å². The van der Waals surface area contributed by atoms with Crippen LogP contribution in [-0.2, 0) is 4.74 Å². The van der Waals surface area contributed by atoms with Crippen LogP contribution in [0.4, 0.5) is 5.13 Å². The van der Waals surface area contributed by atoms with Crippen LogP contribution in [0.1, 0.15) is 47.7 Å². The molecule has 0 spiro atoms. The van der Waals surface area contributed by atoms with Gasteiger partial charge in [-0.3, -0.25) is 10.1 Å². The maximum Gasteiger partial charge on any atom is 0.257 e. The van der Waals surface area contributed by atoms with E-state index in [-0.39, 0.29) is 12.0 Å². The van der Waals surface area contributed by atoms with Crippen LogP contribution in [0.3, 0.4) is 0 Å². The van der Waals surface area contributed by atoms with Gasteiger partial charge in [0, 0.05) is 23.5 Å². The standard InChI is InChI=1S/C18H20N2O3S/c21-17(20-18-19-16(11-24-18)12-3-4-12)13-5-7-14(8-6-13)23-10-15-2-1-9-22-15/h5-8,11-12,15H,1-4,9-10H2,(H,19,20,21). The molecule has 1 amide bonds. The van der Waals surface area contributed by atoms with Gasteiger partial charge in [0.15, 0.2) is 5.13 Å². The Labute approximate surface area is 145 Å². The maximum absolute atomic E-state index is 12.3. The first-order chi connectivity index (χ1) is 11.8. The van der Waals surface area contributed by atoms with Gasteiger partial charge in [-0.1, -0.05) is 0 Å². The second-order valence-electron chi connectivity index (χ2n) is 6.28. The number of ether oxygens (including phenoxy) is 2. The van der Waals surface area contributed by atoms with Crippen molar-refractivity contribution in [1.29, 1.82) is 0 Å². The summed E-state index contributed by atoms with van der Waals surface area (Å²) in [5.74, 6) is 1.22. The minimum atomic E-state index is -0.141. The molecule has 1 saturated heterocycles. The minimum absolute atomic E-state index is 0.141. The van der Waals surface area contributed by atoms with Crippen LogP contribution in [0.2, 0.25) is 0 Å². The van der Waals surface area contributed by atoms with E-state index < -0.39 is 0 Å². The number of amides is 1. The number of anilines is 1. The molecular weight excluding hydrogens is 324 g/mol. The molecule has 1 aromatic heterocycles. The lowest BCUT2D eigenvalue weighted by Crippen LogP contribution is -2.16. The van der Waals surface area contributed by atoms with E-state index in [4.69, 9.17) is 9.47 Å². The van der Waals surface area contributed by atoms with Crippen LogP contribution < -0.4 is 10.1 Å². The maximum atomic E-state index is 12.3. The van der Waals surface area contributed by atoms with E-state index in [1.165, 1.54) is 24.2 Å². The molecule has 126 valence electrons. The monoisotopic (exact) mass is 344 g/mol. The van der Waals surface area contributed by atoms with E-state index in [0.29, 0.717) is 23.2 Å². The molecule has 1 aromatic carbocycles. The summed E-state index contributed by atoms with van der Waals surface area (Å²) in [6, 6.07) is 7.19. The molecule has 0 radical (unpaired) electrons. The second-order valence-corrected chi connectivity index (χ2v) is 7.13. The number of benzene rings is 1. The number of hydrogen-bond acceptors (Lipinski definition) is 5. The van der Waals surface area contributed by atoms with Crippen molar-refractivity contribution in [2.75, 3.05) is 18.5 Å². The number of carbonyl (C=O) groups is 1. The van der Waals surface area contributed by atoms with Gasteiger partial charge >= 0.3 is 0 Å². The zero-order chi connectivity index (χ0) is 16.4. The molecule has 6 heteroatoms. The van der Waals surface area contributed by atoms with Crippen LogP contribution in [0.25, 0.3) is 0 Å². The molecular formula is C18H20N2O3S. The molecule has 4 rings (SSSR count). The van der Waals surface area contributed by atoms with Gasteiger partial charge in [-0.05, 0) is 49.9 Å². The highest BCUT2D eigenvalue weighted by molar-refractivity contribution is 7.14. The number of rotatable bonds is 6. The van der Waals surface area contributed by atoms with Crippen molar-refractivity contribution in [2.24, 2.45) is 0 Å².